The van der Waals surface area contributed by atoms with E-state index in [0.717, 1.165) is 4.31 Å². The van der Waals surface area contributed by atoms with E-state index < -0.39 is 16.1 Å². The fourth-order valence-corrected chi connectivity index (χ4v) is 1.71. The minimum atomic E-state index is -3.28. The van der Waals surface area contributed by atoms with Gasteiger partial charge < -0.3 is 11.1 Å². The van der Waals surface area contributed by atoms with Crippen molar-refractivity contribution in [2.24, 2.45) is 11.1 Å². The van der Waals surface area contributed by atoms with Crippen LogP contribution in [0, 0.1) is 5.41 Å². The van der Waals surface area contributed by atoms with Crippen molar-refractivity contribution in [3.63, 3.8) is 0 Å². The highest BCUT2D eigenvalue weighted by Gasteiger charge is 2.27. The molecule has 0 spiro atoms. The number of carbonyl (C=O) groups is 1. The van der Waals surface area contributed by atoms with Crippen LogP contribution in [0.2, 0.25) is 0 Å². The third-order valence-corrected chi connectivity index (χ3v) is 4.26. The van der Waals surface area contributed by atoms with E-state index in [2.05, 4.69) is 5.32 Å². The summed E-state index contributed by atoms with van der Waals surface area (Å²) in [6.07, 6.45) is 0. The molecule has 0 aliphatic heterocycles. The minimum Gasteiger partial charge on any atom is -0.354 e. The normalized spacial score (nSPS) is 14.8. The lowest BCUT2D eigenvalue weighted by molar-refractivity contribution is -0.124. The number of carbonyl (C=O) groups excluding carboxylic acids is 1. The summed E-state index contributed by atoms with van der Waals surface area (Å²) in [4.78, 5) is 11.6. The van der Waals surface area contributed by atoms with Gasteiger partial charge in [-0.05, 0) is 5.41 Å². The molecule has 0 aromatic carbocycles. The molecule has 6 nitrogen and oxygen atoms in total. The van der Waals surface area contributed by atoms with Gasteiger partial charge in [0.2, 0.25) is 15.9 Å². The lowest BCUT2D eigenvalue weighted by Crippen LogP contribution is -2.49. The number of sulfonamides is 1. The van der Waals surface area contributed by atoms with Crippen LogP contribution in [-0.2, 0) is 14.8 Å². The summed E-state index contributed by atoms with van der Waals surface area (Å²) in [6.45, 7) is 5.64. The minimum absolute atomic E-state index is 0.0725. The zero-order valence-corrected chi connectivity index (χ0v) is 12.0. The van der Waals surface area contributed by atoms with E-state index >= 15 is 0 Å². The van der Waals surface area contributed by atoms with Crippen LogP contribution in [0.5, 0.6) is 0 Å². The molecule has 0 saturated carbocycles. The van der Waals surface area contributed by atoms with Crippen LogP contribution in [0.15, 0.2) is 0 Å². The summed E-state index contributed by atoms with van der Waals surface area (Å²) >= 11 is 0. The lowest BCUT2D eigenvalue weighted by atomic mass is 9.87. The number of hydrogen-bond donors (Lipinski definition) is 2. The maximum Gasteiger partial charge on any atom is 0.237 e. The Balaban J connectivity index is 4.21. The molecule has 7 heteroatoms. The van der Waals surface area contributed by atoms with Crippen LogP contribution in [0.25, 0.3) is 0 Å². The fraction of sp³-hybridized carbons (Fsp3) is 0.900. The van der Waals surface area contributed by atoms with Crippen molar-refractivity contribution in [1.29, 1.82) is 0 Å². The number of nitrogens with zero attached hydrogens (tertiary/aromatic N) is 1. The first-order chi connectivity index (χ1) is 7.48. The van der Waals surface area contributed by atoms with Crippen LogP contribution in [0.3, 0.4) is 0 Å². The number of amides is 1. The van der Waals surface area contributed by atoms with Crippen molar-refractivity contribution >= 4 is 15.9 Å². The largest absolute Gasteiger partial charge is 0.354 e. The van der Waals surface area contributed by atoms with Crippen LogP contribution < -0.4 is 11.1 Å². The second kappa shape index (κ2) is 5.79. The SMILES string of the molecule is CN(C)S(=O)(=O)CCNC(=O)C(N)C(C)(C)C. The number of nitrogens with two attached hydrogens (primary N) is 1. The standard InChI is InChI=1S/C10H23N3O3S/c1-10(2,3)8(11)9(14)12-6-7-17(15,16)13(4)5/h8H,6-7,11H2,1-5H3,(H,12,14). The Morgan fingerprint density at radius 3 is 2.18 bits per heavy atom. The average molecular weight is 265 g/mol. The maximum atomic E-state index is 11.6. The van der Waals surface area contributed by atoms with Gasteiger partial charge in [0.25, 0.3) is 0 Å². The predicted octanol–water partition coefficient (Wildman–Crippen LogP) is -0.633. The molecule has 0 fully saturated rings. The average Bonchev–Trinajstić information content (AvgIpc) is 2.14. The smallest absolute Gasteiger partial charge is 0.237 e. The Labute approximate surface area is 104 Å². The van der Waals surface area contributed by atoms with E-state index in [0.29, 0.717) is 0 Å². The molecule has 0 aliphatic rings. The Bertz CT molecular complexity index is 357. The van der Waals surface area contributed by atoms with Crippen molar-refractivity contribution in [3.8, 4) is 0 Å². The molecular formula is C10H23N3O3S. The second-order valence-corrected chi connectivity index (χ2v) is 7.54. The molecule has 0 heterocycles. The highest BCUT2D eigenvalue weighted by Crippen LogP contribution is 2.16. The molecule has 0 aliphatic carbocycles. The first kappa shape index (κ1) is 16.3. The summed E-state index contributed by atoms with van der Waals surface area (Å²) in [6, 6.07) is -0.649. The van der Waals surface area contributed by atoms with Gasteiger partial charge in [-0.1, -0.05) is 20.8 Å². The van der Waals surface area contributed by atoms with Crippen molar-refractivity contribution in [1.82, 2.24) is 9.62 Å². The van der Waals surface area contributed by atoms with Crippen LogP contribution in [-0.4, -0.2) is 51.1 Å². The van der Waals surface area contributed by atoms with Crippen LogP contribution in [0.1, 0.15) is 20.8 Å². The zero-order valence-electron chi connectivity index (χ0n) is 11.1. The van der Waals surface area contributed by atoms with Crippen molar-refractivity contribution in [2.75, 3.05) is 26.4 Å². The van der Waals surface area contributed by atoms with Gasteiger partial charge >= 0.3 is 0 Å². The molecule has 0 aromatic rings. The van der Waals surface area contributed by atoms with Gasteiger partial charge in [-0.3, -0.25) is 4.79 Å². The highest BCUT2D eigenvalue weighted by atomic mass is 32.2. The van der Waals surface area contributed by atoms with E-state index in [9.17, 15) is 13.2 Å². The predicted molar refractivity (Wildman–Crippen MR) is 67.9 cm³/mol. The number of rotatable bonds is 5. The Morgan fingerprint density at radius 1 is 1.35 bits per heavy atom. The Kier molecular flexibility index (Phi) is 5.57. The molecule has 0 bridgehead atoms. The second-order valence-electron chi connectivity index (χ2n) is 5.23. The van der Waals surface area contributed by atoms with Crippen LogP contribution in [0.4, 0.5) is 0 Å². The molecule has 17 heavy (non-hydrogen) atoms. The van der Waals surface area contributed by atoms with E-state index in [1.807, 2.05) is 20.8 Å². The van der Waals surface area contributed by atoms with Gasteiger partial charge in [0.15, 0.2) is 0 Å². The van der Waals surface area contributed by atoms with Gasteiger partial charge in [0, 0.05) is 20.6 Å². The first-order valence-corrected chi connectivity index (χ1v) is 7.03. The summed E-state index contributed by atoms with van der Waals surface area (Å²) in [7, 11) is -0.364. The fourth-order valence-electron chi connectivity index (χ4n) is 0.989. The molecular weight excluding hydrogens is 242 g/mol. The van der Waals surface area contributed by atoms with Crippen molar-refractivity contribution < 1.29 is 13.2 Å². The molecule has 1 amide bonds. The molecule has 1 atom stereocenters. The maximum absolute atomic E-state index is 11.6. The van der Waals surface area contributed by atoms with Gasteiger partial charge in [-0.25, -0.2) is 12.7 Å². The molecule has 0 aromatic heterocycles. The molecule has 0 radical (unpaired) electrons. The van der Waals surface area contributed by atoms with Crippen LogP contribution >= 0.6 is 0 Å². The number of nitrogens with one attached hydrogen (secondary N) is 1. The number of hydrogen-bond acceptors (Lipinski definition) is 4. The van der Waals surface area contributed by atoms with Crippen molar-refractivity contribution in [3.05, 3.63) is 0 Å². The summed E-state index contributed by atoms with van der Waals surface area (Å²) < 4.78 is 24.0. The molecule has 3 N–H and O–H groups in total. The van der Waals surface area contributed by atoms with Crippen molar-refractivity contribution in [2.45, 2.75) is 26.8 Å². The first-order valence-electron chi connectivity index (χ1n) is 5.42. The molecule has 0 saturated heterocycles. The Hall–Kier alpha value is -0.660. The summed E-state index contributed by atoms with van der Waals surface area (Å²) in [5.41, 5.74) is 5.39. The quantitative estimate of drug-likeness (QED) is 0.692. The van der Waals surface area contributed by atoms with E-state index in [1.165, 1.54) is 14.1 Å². The van der Waals surface area contributed by atoms with Gasteiger partial charge in [0.1, 0.15) is 0 Å². The monoisotopic (exact) mass is 265 g/mol. The Morgan fingerprint density at radius 2 is 1.82 bits per heavy atom. The molecule has 102 valence electrons. The van der Waals surface area contributed by atoms with Gasteiger partial charge in [0.05, 0.1) is 11.8 Å². The summed E-state index contributed by atoms with van der Waals surface area (Å²) in [5, 5.41) is 2.53. The summed E-state index contributed by atoms with van der Waals surface area (Å²) in [5.74, 6) is -0.450. The molecule has 1 unspecified atom stereocenters. The third kappa shape index (κ3) is 5.47. The van der Waals surface area contributed by atoms with Gasteiger partial charge in [-0.2, -0.15) is 0 Å². The van der Waals surface area contributed by atoms with E-state index in [1.54, 1.807) is 0 Å². The lowest BCUT2D eigenvalue weighted by Gasteiger charge is -2.25. The topological polar surface area (TPSA) is 92.5 Å². The highest BCUT2D eigenvalue weighted by molar-refractivity contribution is 7.89. The van der Waals surface area contributed by atoms with Gasteiger partial charge in [-0.15, -0.1) is 0 Å². The zero-order chi connectivity index (χ0) is 13.9. The van der Waals surface area contributed by atoms with E-state index in [-0.39, 0.29) is 23.6 Å². The third-order valence-electron chi connectivity index (χ3n) is 2.43. The van der Waals surface area contributed by atoms with E-state index in [4.69, 9.17) is 5.73 Å². The molecule has 0 rings (SSSR count).